The van der Waals surface area contributed by atoms with E-state index in [9.17, 15) is 8.42 Å². The van der Waals surface area contributed by atoms with Crippen LogP contribution in [-0.2, 0) is 10.0 Å². The summed E-state index contributed by atoms with van der Waals surface area (Å²) in [7, 11) is -3.74. The lowest BCUT2D eigenvalue weighted by atomic mass is 10.4. The number of rotatable bonds is 4. The van der Waals surface area contributed by atoms with Crippen LogP contribution in [0, 0.1) is 0 Å². The highest BCUT2D eigenvalue weighted by Crippen LogP contribution is 2.32. The van der Waals surface area contributed by atoms with E-state index in [4.69, 9.17) is 34.8 Å². The topological polar surface area (TPSA) is 46.2 Å². The smallest absolute Gasteiger partial charge is 0.207 e. The number of nitrogens with one attached hydrogen (secondary N) is 1. The lowest BCUT2D eigenvalue weighted by Crippen LogP contribution is -2.24. The van der Waals surface area contributed by atoms with Crippen LogP contribution >= 0.6 is 34.8 Å². The highest BCUT2D eigenvalue weighted by atomic mass is 35.5. The second-order valence-corrected chi connectivity index (χ2v) is 5.79. The van der Waals surface area contributed by atoms with Crippen LogP contribution in [-0.4, -0.2) is 15.0 Å². The molecule has 0 aliphatic rings. The molecule has 0 aromatic heterocycles. The van der Waals surface area contributed by atoms with Gasteiger partial charge in [-0.25, -0.2) is 13.1 Å². The lowest BCUT2D eigenvalue weighted by molar-refractivity contribution is 0.586. The molecule has 1 rings (SSSR count). The molecule has 0 fully saturated rings. The summed E-state index contributed by atoms with van der Waals surface area (Å²) in [6, 6.07) is 2.63. The van der Waals surface area contributed by atoms with Crippen LogP contribution in [0.1, 0.15) is 0 Å². The van der Waals surface area contributed by atoms with Crippen LogP contribution in [0.2, 0.25) is 15.1 Å². The minimum Gasteiger partial charge on any atom is -0.207 e. The molecule has 16 heavy (non-hydrogen) atoms. The standard InChI is InChI=1S/C9H8Cl3NO2S/c1-2-3-13-16(14,15)9-7(11)4-6(10)5-8(9)12/h2,4-5,13H,1,3H2. The second kappa shape index (κ2) is 5.38. The van der Waals surface area contributed by atoms with Gasteiger partial charge in [0.25, 0.3) is 0 Å². The van der Waals surface area contributed by atoms with Gasteiger partial charge in [-0.05, 0) is 12.1 Å². The Hall–Kier alpha value is -0.260. The van der Waals surface area contributed by atoms with Gasteiger partial charge in [-0.3, -0.25) is 0 Å². The Kier molecular flexibility index (Phi) is 4.64. The monoisotopic (exact) mass is 299 g/mol. The van der Waals surface area contributed by atoms with Crippen molar-refractivity contribution >= 4 is 44.8 Å². The van der Waals surface area contributed by atoms with Gasteiger partial charge < -0.3 is 0 Å². The van der Waals surface area contributed by atoms with Crippen molar-refractivity contribution in [3.63, 3.8) is 0 Å². The minimum absolute atomic E-state index is 0.0194. The van der Waals surface area contributed by atoms with Crippen LogP contribution in [0.4, 0.5) is 0 Å². The third kappa shape index (κ3) is 3.12. The second-order valence-electron chi connectivity index (χ2n) is 2.84. The average molecular weight is 301 g/mol. The van der Waals surface area contributed by atoms with Crippen LogP contribution < -0.4 is 4.72 Å². The van der Waals surface area contributed by atoms with Gasteiger partial charge in [-0.1, -0.05) is 40.9 Å². The van der Waals surface area contributed by atoms with E-state index in [1.165, 1.54) is 18.2 Å². The first kappa shape index (κ1) is 13.8. The van der Waals surface area contributed by atoms with Crippen molar-refractivity contribution in [2.24, 2.45) is 0 Å². The maximum absolute atomic E-state index is 11.8. The van der Waals surface area contributed by atoms with Crippen molar-refractivity contribution in [3.8, 4) is 0 Å². The summed E-state index contributed by atoms with van der Waals surface area (Å²) >= 11 is 17.2. The van der Waals surface area contributed by atoms with Gasteiger partial charge in [0.15, 0.2) is 0 Å². The summed E-state index contributed by atoms with van der Waals surface area (Å²) in [5, 5.41) is 0.237. The number of hydrogen-bond acceptors (Lipinski definition) is 2. The Morgan fingerprint density at radius 1 is 1.25 bits per heavy atom. The fraction of sp³-hybridized carbons (Fsp3) is 0.111. The molecule has 7 heteroatoms. The molecule has 0 spiro atoms. The number of halogens is 3. The van der Waals surface area contributed by atoms with Gasteiger partial charge in [0.2, 0.25) is 10.0 Å². The molecule has 1 aromatic rings. The molecule has 3 nitrogen and oxygen atoms in total. The Bertz CT molecular complexity index is 490. The summed E-state index contributed by atoms with van der Waals surface area (Å²) in [4.78, 5) is -0.179. The molecule has 0 aliphatic heterocycles. The number of sulfonamides is 1. The van der Waals surface area contributed by atoms with Gasteiger partial charge in [-0.15, -0.1) is 6.58 Å². The normalized spacial score (nSPS) is 11.4. The Morgan fingerprint density at radius 2 is 1.75 bits per heavy atom. The molecular weight excluding hydrogens is 293 g/mol. The molecule has 0 saturated carbocycles. The third-order valence-electron chi connectivity index (χ3n) is 1.65. The SMILES string of the molecule is C=CCNS(=O)(=O)c1c(Cl)cc(Cl)cc1Cl. The molecular formula is C9H8Cl3NO2S. The first-order valence-electron chi connectivity index (χ1n) is 4.13. The van der Waals surface area contributed by atoms with E-state index in [-0.39, 0.29) is 26.5 Å². The Labute approximate surface area is 109 Å². The minimum atomic E-state index is -3.74. The number of hydrogen-bond donors (Lipinski definition) is 1. The largest absolute Gasteiger partial charge is 0.243 e. The summed E-state index contributed by atoms with van der Waals surface area (Å²) in [5.74, 6) is 0. The van der Waals surface area contributed by atoms with E-state index in [2.05, 4.69) is 11.3 Å². The fourth-order valence-corrected chi connectivity index (χ4v) is 3.57. The molecule has 1 N–H and O–H groups in total. The Balaban J connectivity index is 3.28. The van der Waals surface area contributed by atoms with Crippen molar-refractivity contribution in [1.82, 2.24) is 4.72 Å². The lowest BCUT2D eigenvalue weighted by Gasteiger charge is -2.09. The fourth-order valence-electron chi connectivity index (χ4n) is 1.03. The van der Waals surface area contributed by atoms with Crippen LogP contribution in [0.15, 0.2) is 29.7 Å². The molecule has 0 bridgehead atoms. The van der Waals surface area contributed by atoms with Crippen molar-refractivity contribution < 1.29 is 8.42 Å². The van der Waals surface area contributed by atoms with Crippen molar-refractivity contribution in [3.05, 3.63) is 39.9 Å². The van der Waals surface area contributed by atoms with Crippen molar-refractivity contribution in [1.29, 1.82) is 0 Å². The molecule has 88 valence electrons. The van der Waals surface area contributed by atoms with E-state index in [0.717, 1.165) is 0 Å². The van der Waals surface area contributed by atoms with Gasteiger partial charge >= 0.3 is 0 Å². The summed E-state index contributed by atoms with van der Waals surface area (Å²) < 4.78 is 25.8. The first-order chi connectivity index (χ1) is 7.38. The molecule has 0 radical (unpaired) electrons. The third-order valence-corrected chi connectivity index (χ3v) is 4.21. The number of benzene rings is 1. The van der Waals surface area contributed by atoms with E-state index in [1.807, 2.05) is 0 Å². The highest BCUT2D eigenvalue weighted by Gasteiger charge is 2.21. The maximum Gasteiger partial charge on any atom is 0.243 e. The van der Waals surface area contributed by atoms with E-state index in [0.29, 0.717) is 0 Å². The van der Waals surface area contributed by atoms with Crippen LogP contribution in [0.5, 0.6) is 0 Å². The summed E-state index contributed by atoms with van der Waals surface area (Å²) in [5.41, 5.74) is 0. The van der Waals surface area contributed by atoms with Crippen LogP contribution in [0.25, 0.3) is 0 Å². The summed E-state index contributed by atoms with van der Waals surface area (Å²) in [6.45, 7) is 3.50. The highest BCUT2D eigenvalue weighted by molar-refractivity contribution is 7.89. The van der Waals surface area contributed by atoms with E-state index >= 15 is 0 Å². The first-order valence-corrected chi connectivity index (χ1v) is 6.75. The van der Waals surface area contributed by atoms with E-state index < -0.39 is 10.0 Å². The Morgan fingerprint density at radius 3 is 2.19 bits per heavy atom. The molecule has 1 aromatic carbocycles. The molecule has 0 unspecified atom stereocenters. The zero-order chi connectivity index (χ0) is 12.3. The van der Waals surface area contributed by atoms with Gasteiger partial charge in [0.05, 0.1) is 10.0 Å². The molecule has 0 amide bonds. The quantitative estimate of drug-likeness (QED) is 0.869. The molecule has 0 saturated heterocycles. The predicted molar refractivity (Wildman–Crippen MR) is 66.9 cm³/mol. The van der Waals surface area contributed by atoms with Gasteiger partial charge in [0.1, 0.15) is 4.90 Å². The predicted octanol–water partition coefficient (Wildman–Crippen LogP) is 3.11. The van der Waals surface area contributed by atoms with Crippen molar-refractivity contribution in [2.45, 2.75) is 4.90 Å². The van der Waals surface area contributed by atoms with Gasteiger partial charge in [0, 0.05) is 11.6 Å². The van der Waals surface area contributed by atoms with E-state index in [1.54, 1.807) is 0 Å². The van der Waals surface area contributed by atoms with Crippen molar-refractivity contribution in [2.75, 3.05) is 6.54 Å². The molecule has 0 atom stereocenters. The molecule has 0 aliphatic carbocycles. The van der Waals surface area contributed by atoms with Crippen LogP contribution in [0.3, 0.4) is 0 Å². The van der Waals surface area contributed by atoms with Gasteiger partial charge in [-0.2, -0.15) is 0 Å². The zero-order valence-corrected chi connectivity index (χ0v) is 11.1. The summed E-state index contributed by atoms with van der Waals surface area (Å²) in [6.07, 6.45) is 1.41. The zero-order valence-electron chi connectivity index (χ0n) is 8.00. The maximum atomic E-state index is 11.8. The molecule has 0 heterocycles. The average Bonchev–Trinajstić information content (AvgIpc) is 2.12.